The first kappa shape index (κ1) is 13.4. The number of fused-ring (bicyclic) bond motifs is 1. The fourth-order valence-electron chi connectivity index (χ4n) is 3.73. The van der Waals surface area contributed by atoms with Crippen molar-refractivity contribution < 1.29 is 9.53 Å². The molecule has 1 aliphatic carbocycles. The number of primary amides is 1. The van der Waals surface area contributed by atoms with Gasteiger partial charge in [0, 0.05) is 35.2 Å². The molecule has 1 saturated heterocycles. The number of nitrogens with one attached hydrogen (secondary N) is 1. The van der Waals surface area contributed by atoms with Gasteiger partial charge in [0.2, 0.25) is 5.91 Å². The van der Waals surface area contributed by atoms with Crippen LogP contribution in [0.15, 0.2) is 24.3 Å². The largest absolute Gasteiger partial charge is 0.381 e. The molecule has 1 heterocycles. The highest BCUT2D eigenvalue weighted by atomic mass is 16.5. The molecule has 1 amide bonds. The third kappa shape index (κ3) is 2.08. The van der Waals surface area contributed by atoms with Crippen molar-refractivity contribution in [3.63, 3.8) is 0 Å². The lowest BCUT2D eigenvalue weighted by Crippen LogP contribution is -2.67. The lowest BCUT2D eigenvalue weighted by atomic mass is 9.55. The molecule has 2 aliphatic rings. The maximum absolute atomic E-state index is 11.1. The van der Waals surface area contributed by atoms with Crippen LogP contribution in [0.4, 0.5) is 5.69 Å². The number of carbonyl (C=O) groups excluding carboxylic acids is 1. The number of amides is 1. The van der Waals surface area contributed by atoms with Crippen molar-refractivity contribution in [3.8, 4) is 0 Å². The maximum Gasteiger partial charge on any atom is 0.248 e. The second-order valence-corrected chi connectivity index (χ2v) is 6.48. The molecule has 4 heteroatoms. The fraction of sp³-hybridized carbons (Fsp3) is 0.562. The molecule has 3 atom stereocenters. The van der Waals surface area contributed by atoms with E-state index in [0.717, 1.165) is 18.7 Å². The van der Waals surface area contributed by atoms with Crippen LogP contribution in [-0.4, -0.2) is 24.7 Å². The minimum Gasteiger partial charge on any atom is -0.381 e. The summed E-state index contributed by atoms with van der Waals surface area (Å²) >= 11 is 0. The Bertz CT molecular complexity index is 510. The highest BCUT2D eigenvalue weighted by Crippen LogP contribution is 2.52. The number of ether oxygens (including phenoxy) is 1. The molecule has 4 nitrogen and oxygen atoms in total. The van der Waals surface area contributed by atoms with Crippen LogP contribution in [0.1, 0.15) is 37.0 Å². The van der Waals surface area contributed by atoms with Crippen molar-refractivity contribution in [3.05, 3.63) is 29.8 Å². The Kier molecular flexibility index (Phi) is 3.21. The van der Waals surface area contributed by atoms with E-state index in [2.05, 4.69) is 19.2 Å². The van der Waals surface area contributed by atoms with Crippen LogP contribution in [0.2, 0.25) is 0 Å². The van der Waals surface area contributed by atoms with Crippen molar-refractivity contribution in [1.29, 1.82) is 0 Å². The Morgan fingerprint density at radius 2 is 2.05 bits per heavy atom. The standard InChI is InChI=1S/C16H22N2O2/c1-16(2)13(12-4-3-9-20-14(12)16)18-11-7-5-10(6-8-11)15(17)19/h5-8,12-14,18H,3-4,9H2,1-2H3,(H2,17,19). The summed E-state index contributed by atoms with van der Waals surface area (Å²) in [6.45, 7) is 5.41. The highest BCUT2D eigenvalue weighted by molar-refractivity contribution is 5.93. The van der Waals surface area contributed by atoms with Gasteiger partial charge in [-0.2, -0.15) is 0 Å². The predicted octanol–water partition coefficient (Wildman–Crippen LogP) is 2.40. The molecule has 3 unspecified atom stereocenters. The lowest BCUT2D eigenvalue weighted by molar-refractivity contribution is -0.177. The number of nitrogens with two attached hydrogens (primary N) is 1. The first-order valence-corrected chi connectivity index (χ1v) is 7.28. The van der Waals surface area contributed by atoms with Gasteiger partial charge in [0.05, 0.1) is 6.10 Å². The number of hydrogen-bond donors (Lipinski definition) is 2. The molecule has 1 saturated carbocycles. The van der Waals surface area contributed by atoms with Gasteiger partial charge < -0.3 is 15.8 Å². The van der Waals surface area contributed by atoms with Crippen LogP contribution in [-0.2, 0) is 4.74 Å². The molecular formula is C16H22N2O2. The Hall–Kier alpha value is -1.55. The molecule has 3 N–H and O–H groups in total. The van der Waals surface area contributed by atoms with Crippen LogP contribution in [0.5, 0.6) is 0 Å². The van der Waals surface area contributed by atoms with Crippen molar-refractivity contribution in [2.75, 3.05) is 11.9 Å². The molecule has 0 bridgehead atoms. The van der Waals surface area contributed by atoms with Crippen molar-refractivity contribution in [2.45, 2.75) is 38.8 Å². The average molecular weight is 274 g/mol. The summed E-state index contributed by atoms with van der Waals surface area (Å²) in [5.74, 6) is 0.204. The van der Waals surface area contributed by atoms with Crippen molar-refractivity contribution in [2.24, 2.45) is 17.1 Å². The lowest BCUT2D eigenvalue weighted by Gasteiger charge is -2.60. The zero-order valence-corrected chi connectivity index (χ0v) is 12.1. The van der Waals surface area contributed by atoms with Gasteiger partial charge in [0.15, 0.2) is 0 Å². The molecule has 0 aromatic heterocycles. The normalized spacial score (nSPS) is 31.0. The molecule has 108 valence electrons. The van der Waals surface area contributed by atoms with Crippen molar-refractivity contribution >= 4 is 11.6 Å². The molecule has 1 aromatic rings. The SMILES string of the molecule is CC1(C)C(Nc2ccc(C(N)=O)cc2)C2CCCOC21. The van der Waals surface area contributed by atoms with E-state index in [1.807, 2.05) is 12.1 Å². The summed E-state index contributed by atoms with van der Waals surface area (Å²) in [7, 11) is 0. The van der Waals surface area contributed by atoms with E-state index in [4.69, 9.17) is 10.5 Å². The van der Waals surface area contributed by atoms with Crippen LogP contribution in [0, 0.1) is 11.3 Å². The van der Waals surface area contributed by atoms with E-state index in [-0.39, 0.29) is 11.3 Å². The summed E-state index contributed by atoms with van der Waals surface area (Å²) in [5, 5.41) is 3.60. The van der Waals surface area contributed by atoms with E-state index in [1.54, 1.807) is 12.1 Å². The fourth-order valence-corrected chi connectivity index (χ4v) is 3.73. The molecular weight excluding hydrogens is 252 g/mol. The van der Waals surface area contributed by atoms with Crippen LogP contribution >= 0.6 is 0 Å². The first-order valence-electron chi connectivity index (χ1n) is 7.28. The molecule has 3 rings (SSSR count). The third-order valence-electron chi connectivity index (χ3n) is 4.82. The van der Waals surface area contributed by atoms with Gasteiger partial charge in [-0.15, -0.1) is 0 Å². The van der Waals surface area contributed by atoms with Gasteiger partial charge in [0.1, 0.15) is 0 Å². The summed E-state index contributed by atoms with van der Waals surface area (Å²) in [4.78, 5) is 11.1. The van der Waals surface area contributed by atoms with Crippen LogP contribution in [0.25, 0.3) is 0 Å². The van der Waals surface area contributed by atoms with E-state index < -0.39 is 0 Å². The van der Waals surface area contributed by atoms with E-state index in [1.165, 1.54) is 6.42 Å². The Morgan fingerprint density at radius 3 is 2.70 bits per heavy atom. The summed E-state index contributed by atoms with van der Waals surface area (Å²) in [6, 6.07) is 7.81. The topological polar surface area (TPSA) is 64.3 Å². The number of hydrogen-bond acceptors (Lipinski definition) is 3. The van der Waals surface area contributed by atoms with E-state index in [9.17, 15) is 4.79 Å². The molecule has 1 aliphatic heterocycles. The maximum atomic E-state index is 11.1. The summed E-state index contributed by atoms with van der Waals surface area (Å²) in [5.41, 5.74) is 6.99. The van der Waals surface area contributed by atoms with Gasteiger partial charge in [-0.1, -0.05) is 13.8 Å². The molecule has 0 radical (unpaired) electrons. The minimum atomic E-state index is -0.388. The number of anilines is 1. The Morgan fingerprint density at radius 1 is 1.35 bits per heavy atom. The Balaban J connectivity index is 1.72. The molecule has 20 heavy (non-hydrogen) atoms. The summed E-state index contributed by atoms with van der Waals surface area (Å²) in [6.07, 6.45) is 2.75. The van der Waals surface area contributed by atoms with E-state index >= 15 is 0 Å². The zero-order valence-electron chi connectivity index (χ0n) is 12.1. The van der Waals surface area contributed by atoms with Gasteiger partial charge in [-0.3, -0.25) is 4.79 Å². The molecule has 0 spiro atoms. The highest BCUT2D eigenvalue weighted by Gasteiger charge is 2.57. The van der Waals surface area contributed by atoms with Crippen molar-refractivity contribution in [1.82, 2.24) is 0 Å². The van der Waals surface area contributed by atoms with Crippen LogP contribution < -0.4 is 11.1 Å². The smallest absolute Gasteiger partial charge is 0.248 e. The number of benzene rings is 1. The number of carbonyl (C=O) groups is 1. The third-order valence-corrected chi connectivity index (χ3v) is 4.82. The van der Waals surface area contributed by atoms with E-state index in [0.29, 0.717) is 23.6 Å². The van der Waals surface area contributed by atoms with Gasteiger partial charge in [-0.05, 0) is 37.1 Å². The van der Waals surface area contributed by atoms with Gasteiger partial charge in [-0.25, -0.2) is 0 Å². The van der Waals surface area contributed by atoms with Gasteiger partial charge in [0.25, 0.3) is 0 Å². The Labute approximate surface area is 119 Å². The summed E-state index contributed by atoms with van der Waals surface area (Å²) < 4.78 is 5.91. The zero-order chi connectivity index (χ0) is 14.3. The second kappa shape index (κ2) is 4.77. The second-order valence-electron chi connectivity index (χ2n) is 6.48. The van der Waals surface area contributed by atoms with Gasteiger partial charge >= 0.3 is 0 Å². The minimum absolute atomic E-state index is 0.146. The quantitative estimate of drug-likeness (QED) is 0.889. The first-order chi connectivity index (χ1) is 9.50. The monoisotopic (exact) mass is 274 g/mol. The van der Waals surface area contributed by atoms with Crippen LogP contribution in [0.3, 0.4) is 0 Å². The average Bonchev–Trinajstić information content (AvgIpc) is 2.45. The number of rotatable bonds is 3. The predicted molar refractivity (Wildman–Crippen MR) is 78.6 cm³/mol. The molecule has 1 aromatic carbocycles. The molecule has 2 fully saturated rings.